The molecule has 7 nitrogen and oxygen atoms in total. The van der Waals surface area contributed by atoms with Crippen molar-refractivity contribution >= 4 is 40.5 Å². The maximum absolute atomic E-state index is 13.2. The van der Waals surface area contributed by atoms with E-state index in [1.807, 2.05) is 0 Å². The molecule has 29 heavy (non-hydrogen) atoms. The lowest BCUT2D eigenvalue weighted by molar-refractivity contribution is -0.135. The number of amidine groups is 1. The number of carbonyl (C=O) groups excluding carboxylic acids is 2. The molecule has 0 atom stereocenters. The number of halogens is 1. The second-order valence-corrected chi connectivity index (χ2v) is 6.91. The third-order valence-electron chi connectivity index (χ3n) is 3.93. The molecule has 1 amide bonds. The van der Waals surface area contributed by atoms with Gasteiger partial charge >= 0.3 is 11.9 Å². The average molecular weight is 414 g/mol. The fraction of sp³-hybridized carbons (Fsp3) is 0.100. The predicted octanol–water partition coefficient (Wildman–Crippen LogP) is 3.34. The Labute approximate surface area is 169 Å². The first-order valence-corrected chi connectivity index (χ1v) is 9.15. The fourth-order valence-corrected chi connectivity index (χ4v) is 3.42. The number of carboxylic acids is 1. The Balaban J connectivity index is 1.94. The molecule has 0 aliphatic carbocycles. The Bertz CT molecular complexity index is 1020. The number of amides is 1. The van der Waals surface area contributed by atoms with E-state index in [1.54, 1.807) is 12.1 Å². The van der Waals surface area contributed by atoms with Gasteiger partial charge < -0.3 is 9.84 Å². The number of carbonyl (C=O) groups is 3. The second kappa shape index (κ2) is 8.70. The number of benzene rings is 2. The van der Waals surface area contributed by atoms with Crippen LogP contribution in [0, 0.1) is 5.82 Å². The van der Waals surface area contributed by atoms with E-state index in [-0.39, 0.29) is 17.0 Å². The number of nitrogens with zero attached hydrogens (tertiary/aromatic N) is 2. The summed E-state index contributed by atoms with van der Waals surface area (Å²) in [6.45, 7) is 0.122. The summed E-state index contributed by atoms with van der Waals surface area (Å²) in [7, 11) is 1.21. The molecule has 0 aromatic heterocycles. The third-order valence-corrected chi connectivity index (χ3v) is 4.94. The highest BCUT2D eigenvalue weighted by molar-refractivity contribution is 8.18. The molecular formula is C20H15FN2O5S. The van der Waals surface area contributed by atoms with Crippen LogP contribution in [-0.2, 0) is 20.9 Å². The van der Waals surface area contributed by atoms with Crippen LogP contribution in [0.15, 0.2) is 64.5 Å². The molecule has 1 N–H and O–H groups in total. The largest absolute Gasteiger partial charge is 0.478 e. The van der Waals surface area contributed by atoms with Crippen LogP contribution in [0.3, 0.4) is 0 Å². The number of ether oxygens (including phenoxy) is 1. The van der Waals surface area contributed by atoms with E-state index in [1.165, 1.54) is 48.4 Å². The Morgan fingerprint density at radius 3 is 2.41 bits per heavy atom. The first-order chi connectivity index (χ1) is 13.9. The zero-order valence-corrected chi connectivity index (χ0v) is 16.0. The minimum absolute atomic E-state index is 0.110. The number of carboxylic acid groups (broad SMARTS) is 1. The van der Waals surface area contributed by atoms with Gasteiger partial charge in [0.25, 0.3) is 5.91 Å². The van der Waals surface area contributed by atoms with Gasteiger partial charge in [-0.3, -0.25) is 9.69 Å². The maximum atomic E-state index is 13.2. The number of rotatable bonds is 5. The van der Waals surface area contributed by atoms with Crippen molar-refractivity contribution in [1.29, 1.82) is 0 Å². The average Bonchev–Trinajstić information content (AvgIpc) is 2.98. The summed E-state index contributed by atoms with van der Waals surface area (Å²) in [6, 6.07) is 11.5. The topological polar surface area (TPSA) is 96.3 Å². The van der Waals surface area contributed by atoms with Crippen molar-refractivity contribution in [3.63, 3.8) is 0 Å². The van der Waals surface area contributed by atoms with Crippen molar-refractivity contribution in [3.05, 3.63) is 76.5 Å². The second-order valence-electron chi connectivity index (χ2n) is 5.90. The molecule has 148 valence electrons. The van der Waals surface area contributed by atoms with Crippen molar-refractivity contribution in [2.24, 2.45) is 4.99 Å². The molecular weight excluding hydrogens is 399 g/mol. The fourth-order valence-electron chi connectivity index (χ4n) is 2.46. The lowest BCUT2D eigenvalue weighted by atomic mass is 10.2. The van der Waals surface area contributed by atoms with Crippen LogP contribution >= 0.6 is 11.8 Å². The van der Waals surface area contributed by atoms with Gasteiger partial charge in [-0.05, 0) is 53.7 Å². The van der Waals surface area contributed by atoms with Crippen molar-refractivity contribution in [1.82, 2.24) is 4.90 Å². The van der Waals surface area contributed by atoms with Gasteiger partial charge in [0.1, 0.15) is 5.82 Å². The molecule has 9 heteroatoms. The van der Waals surface area contributed by atoms with Gasteiger partial charge in [0.15, 0.2) is 5.17 Å². The zero-order valence-electron chi connectivity index (χ0n) is 15.2. The van der Waals surface area contributed by atoms with E-state index in [0.717, 1.165) is 17.8 Å². The molecule has 0 saturated carbocycles. The van der Waals surface area contributed by atoms with Crippen molar-refractivity contribution in [3.8, 4) is 0 Å². The minimum atomic E-state index is -1.06. The molecule has 0 spiro atoms. The van der Waals surface area contributed by atoms with E-state index < -0.39 is 23.7 Å². The Morgan fingerprint density at radius 1 is 1.17 bits per heavy atom. The van der Waals surface area contributed by atoms with Crippen LogP contribution in [0.5, 0.6) is 0 Å². The molecule has 0 radical (unpaired) electrons. The summed E-state index contributed by atoms with van der Waals surface area (Å²) in [5.41, 5.74) is 1.22. The molecule has 1 aliphatic rings. The highest BCUT2D eigenvalue weighted by Gasteiger charge is 2.34. The van der Waals surface area contributed by atoms with E-state index >= 15 is 0 Å². The Hall–Kier alpha value is -3.46. The standard InChI is InChI=1S/C20H15FN2O5S/c1-28-17(24)10-16-18(25)23(11-12-2-6-14(21)7-3-12)20(29-16)22-15-8-4-13(5-9-15)19(26)27/h2-10H,11H2,1H3,(H,26,27)/b16-10-,22-20?. The number of aromatic carboxylic acids is 1. The van der Waals surface area contributed by atoms with Crippen LogP contribution in [0.25, 0.3) is 0 Å². The molecule has 1 heterocycles. The molecule has 0 bridgehead atoms. The van der Waals surface area contributed by atoms with Crippen molar-refractivity contribution in [2.75, 3.05) is 7.11 Å². The van der Waals surface area contributed by atoms with Crippen LogP contribution in [-0.4, -0.2) is 40.1 Å². The summed E-state index contributed by atoms with van der Waals surface area (Å²) >= 11 is 0.995. The zero-order chi connectivity index (χ0) is 21.0. The van der Waals surface area contributed by atoms with Gasteiger partial charge in [0, 0.05) is 6.08 Å². The van der Waals surface area contributed by atoms with Crippen molar-refractivity contribution in [2.45, 2.75) is 6.54 Å². The Morgan fingerprint density at radius 2 is 1.83 bits per heavy atom. The molecule has 2 aromatic carbocycles. The van der Waals surface area contributed by atoms with Crippen LogP contribution < -0.4 is 0 Å². The van der Waals surface area contributed by atoms with Gasteiger partial charge in [0.05, 0.1) is 29.8 Å². The SMILES string of the molecule is COC(=O)/C=C1\SC(=Nc2ccc(C(=O)O)cc2)N(Cc2ccc(F)cc2)C1=O. The molecule has 2 aromatic rings. The van der Waals surface area contributed by atoms with E-state index in [0.29, 0.717) is 16.4 Å². The quantitative estimate of drug-likeness (QED) is 0.595. The number of hydrogen-bond donors (Lipinski definition) is 1. The lowest BCUT2D eigenvalue weighted by Crippen LogP contribution is -2.28. The summed E-state index contributed by atoms with van der Waals surface area (Å²) in [6.07, 6.45) is 1.08. The summed E-state index contributed by atoms with van der Waals surface area (Å²) in [5, 5.41) is 9.29. The number of esters is 1. The summed E-state index contributed by atoms with van der Waals surface area (Å²) < 4.78 is 17.7. The molecule has 1 fully saturated rings. The number of methoxy groups -OCH3 is 1. The first-order valence-electron chi connectivity index (χ1n) is 8.33. The molecule has 3 rings (SSSR count). The van der Waals surface area contributed by atoms with Gasteiger partial charge in [-0.1, -0.05) is 12.1 Å². The van der Waals surface area contributed by atoms with Crippen LogP contribution in [0.1, 0.15) is 15.9 Å². The monoisotopic (exact) mass is 414 g/mol. The van der Waals surface area contributed by atoms with Gasteiger partial charge in [0.2, 0.25) is 0 Å². The molecule has 1 saturated heterocycles. The van der Waals surface area contributed by atoms with Crippen LogP contribution in [0.4, 0.5) is 10.1 Å². The maximum Gasteiger partial charge on any atom is 0.335 e. The van der Waals surface area contributed by atoms with E-state index in [9.17, 15) is 18.8 Å². The highest BCUT2D eigenvalue weighted by atomic mass is 32.2. The van der Waals surface area contributed by atoms with Crippen molar-refractivity contribution < 1.29 is 28.6 Å². The van der Waals surface area contributed by atoms with Gasteiger partial charge in [-0.2, -0.15) is 0 Å². The highest BCUT2D eigenvalue weighted by Crippen LogP contribution is 2.34. The van der Waals surface area contributed by atoms with Crippen LogP contribution in [0.2, 0.25) is 0 Å². The number of hydrogen-bond acceptors (Lipinski definition) is 6. The lowest BCUT2D eigenvalue weighted by Gasteiger charge is -2.15. The van der Waals surface area contributed by atoms with Gasteiger partial charge in [-0.25, -0.2) is 19.0 Å². The normalized spacial score (nSPS) is 16.5. The molecule has 0 unspecified atom stereocenters. The minimum Gasteiger partial charge on any atom is -0.478 e. The summed E-state index contributed by atoms with van der Waals surface area (Å²) in [5.74, 6) is -2.56. The first kappa shape index (κ1) is 20.3. The van der Waals surface area contributed by atoms with E-state index in [4.69, 9.17) is 5.11 Å². The molecule has 1 aliphatic heterocycles. The number of thioether (sulfide) groups is 1. The smallest absolute Gasteiger partial charge is 0.335 e. The third kappa shape index (κ3) is 4.88. The van der Waals surface area contributed by atoms with E-state index in [2.05, 4.69) is 9.73 Å². The predicted molar refractivity (Wildman–Crippen MR) is 105 cm³/mol. The summed E-state index contributed by atoms with van der Waals surface area (Å²) in [4.78, 5) is 41.2. The van der Waals surface area contributed by atoms with Gasteiger partial charge in [-0.15, -0.1) is 0 Å². The Kier molecular flexibility index (Phi) is 6.08. The number of aliphatic imine (C=N–C) groups is 1.